The molecule has 0 unspecified atom stereocenters. The highest BCUT2D eigenvalue weighted by Gasteiger charge is 1.99. The van der Waals surface area contributed by atoms with Crippen molar-refractivity contribution in [1.82, 2.24) is 0 Å². The lowest BCUT2D eigenvalue weighted by atomic mass is 10.1. The van der Waals surface area contributed by atoms with Crippen molar-refractivity contribution in [2.24, 2.45) is 0 Å². The largest absolute Gasteiger partial charge is 0.469 e. The van der Waals surface area contributed by atoms with Crippen LogP contribution in [-0.2, 0) is 12.8 Å². The van der Waals surface area contributed by atoms with Gasteiger partial charge in [0.15, 0.2) is 0 Å². The topological polar surface area (TPSA) is 53.5 Å². The molecule has 1 heterocycles. The Morgan fingerprint density at radius 2 is 1.94 bits per heavy atom. The first-order valence-corrected chi connectivity index (χ1v) is 5.69. The quantitative estimate of drug-likeness (QED) is 0.822. The molecule has 1 aromatic heterocycles. The molecule has 0 atom stereocenters. The van der Waals surface area contributed by atoms with Crippen LogP contribution in [0.4, 0.5) is 0 Å². The highest BCUT2D eigenvalue weighted by Crippen LogP contribution is 2.10. The third-order valence-electron chi connectivity index (χ3n) is 2.61. The Hall–Kier alpha value is -2.36. The van der Waals surface area contributed by atoms with Gasteiger partial charge in [-0.15, -0.1) is 0 Å². The van der Waals surface area contributed by atoms with Crippen LogP contribution in [0.2, 0.25) is 0 Å². The molecule has 2 rings (SSSR count). The van der Waals surface area contributed by atoms with Gasteiger partial charge in [-0.25, -0.2) is 5.21 Å². The van der Waals surface area contributed by atoms with Crippen LogP contribution in [0.25, 0.3) is 6.08 Å². The Kier molecular flexibility index (Phi) is 3.91. The van der Waals surface area contributed by atoms with Gasteiger partial charge in [0.1, 0.15) is 5.76 Å². The van der Waals surface area contributed by atoms with Gasteiger partial charge in [0, 0.05) is 12.5 Å². The first kappa shape index (κ1) is 12.1. The second kappa shape index (κ2) is 5.82. The number of nitrogens with zero attached hydrogens (tertiary/aromatic N) is 1. The molecule has 0 fully saturated rings. The van der Waals surface area contributed by atoms with Gasteiger partial charge in [0.25, 0.3) is 6.20 Å². The maximum atomic E-state index is 10.3. The molecule has 92 valence electrons. The van der Waals surface area contributed by atoms with Crippen molar-refractivity contribution in [2.45, 2.75) is 12.8 Å². The minimum absolute atomic E-state index is 0.217. The average molecular weight is 244 g/mol. The lowest BCUT2D eigenvalue weighted by molar-refractivity contribution is -0.741. The molecule has 0 amide bonds. The molecular formula is C14H14NO3+. The molecule has 1 aromatic carbocycles. The normalized spacial score (nSPS) is 10.9. The summed E-state index contributed by atoms with van der Waals surface area (Å²) in [7, 11) is 0. The third-order valence-corrected chi connectivity index (χ3v) is 2.61. The Morgan fingerprint density at radius 1 is 1.17 bits per heavy atom. The highest BCUT2D eigenvalue weighted by molar-refractivity contribution is 5.48. The minimum atomic E-state index is -0.217. The van der Waals surface area contributed by atoms with Crippen molar-refractivity contribution in [3.63, 3.8) is 0 Å². The van der Waals surface area contributed by atoms with Crippen molar-refractivity contribution < 1.29 is 14.5 Å². The molecule has 0 saturated heterocycles. The maximum absolute atomic E-state index is 10.3. The Labute approximate surface area is 105 Å². The summed E-state index contributed by atoms with van der Waals surface area (Å²) in [6, 6.07) is 11.6. The van der Waals surface area contributed by atoms with Crippen LogP contribution in [0.5, 0.6) is 0 Å². The van der Waals surface area contributed by atoms with Crippen LogP contribution >= 0.6 is 0 Å². The zero-order valence-corrected chi connectivity index (χ0v) is 9.82. The fraction of sp³-hybridized carbons (Fsp3) is 0.143. The van der Waals surface area contributed by atoms with Gasteiger partial charge in [-0.2, -0.15) is 0 Å². The summed E-state index contributed by atoms with van der Waals surface area (Å²) in [5, 5.41) is 8.44. The molecule has 4 heteroatoms. The standard InChI is InChI=1S/C14H14NO3/c16-15(17)10-9-13-5-3-12(4-6-13)7-8-14-2-1-11-18-14/h1-6,9-11H,7-8H2,(H,16,17)/q+1/b10-9+. The first-order valence-electron chi connectivity index (χ1n) is 5.69. The predicted molar refractivity (Wildman–Crippen MR) is 67.0 cm³/mol. The molecule has 0 radical (unpaired) electrons. The predicted octanol–water partition coefficient (Wildman–Crippen LogP) is 3.20. The smallest absolute Gasteiger partial charge is 0.282 e. The van der Waals surface area contributed by atoms with Gasteiger partial charge in [-0.05, 0) is 29.7 Å². The van der Waals surface area contributed by atoms with Crippen molar-refractivity contribution in [2.75, 3.05) is 0 Å². The van der Waals surface area contributed by atoms with Crippen molar-refractivity contribution in [3.05, 3.63) is 70.7 Å². The Morgan fingerprint density at radius 3 is 2.56 bits per heavy atom. The van der Waals surface area contributed by atoms with Crippen LogP contribution in [0, 0.1) is 4.91 Å². The van der Waals surface area contributed by atoms with Crippen LogP contribution in [0.1, 0.15) is 16.9 Å². The van der Waals surface area contributed by atoms with E-state index < -0.39 is 0 Å². The zero-order valence-electron chi connectivity index (χ0n) is 9.82. The van der Waals surface area contributed by atoms with E-state index in [0.717, 1.165) is 30.4 Å². The molecule has 1 N–H and O–H groups in total. The van der Waals surface area contributed by atoms with Crippen molar-refractivity contribution in [3.8, 4) is 0 Å². The SMILES string of the molecule is O=[N+](O)/C=C/c1ccc(CCc2ccco2)cc1. The fourth-order valence-electron chi connectivity index (χ4n) is 1.67. The highest BCUT2D eigenvalue weighted by atomic mass is 16.6. The van der Waals surface area contributed by atoms with Gasteiger partial charge < -0.3 is 4.42 Å². The van der Waals surface area contributed by atoms with Gasteiger partial charge in [0.2, 0.25) is 4.92 Å². The van der Waals surface area contributed by atoms with Crippen molar-refractivity contribution in [1.29, 1.82) is 0 Å². The van der Waals surface area contributed by atoms with Crippen LogP contribution in [-0.4, -0.2) is 10.1 Å². The van der Waals surface area contributed by atoms with E-state index in [1.165, 1.54) is 5.56 Å². The second-order valence-electron chi connectivity index (χ2n) is 3.94. The minimum Gasteiger partial charge on any atom is -0.469 e. The van der Waals surface area contributed by atoms with E-state index in [1.54, 1.807) is 12.3 Å². The van der Waals surface area contributed by atoms with Gasteiger partial charge in [-0.3, -0.25) is 0 Å². The Balaban J connectivity index is 1.93. The van der Waals surface area contributed by atoms with E-state index in [4.69, 9.17) is 9.62 Å². The van der Waals surface area contributed by atoms with Crippen LogP contribution in [0.15, 0.2) is 53.3 Å². The lowest BCUT2D eigenvalue weighted by Crippen LogP contribution is -1.90. The molecule has 18 heavy (non-hydrogen) atoms. The molecule has 0 aliphatic rings. The number of aryl methyl sites for hydroxylation is 2. The van der Waals surface area contributed by atoms with Gasteiger partial charge in [-0.1, -0.05) is 24.3 Å². The molecule has 0 saturated carbocycles. The zero-order chi connectivity index (χ0) is 12.8. The van der Waals surface area contributed by atoms with E-state index in [9.17, 15) is 4.91 Å². The number of furan rings is 1. The van der Waals surface area contributed by atoms with E-state index in [-0.39, 0.29) is 4.92 Å². The van der Waals surface area contributed by atoms with E-state index in [0.29, 0.717) is 0 Å². The van der Waals surface area contributed by atoms with Crippen LogP contribution < -0.4 is 0 Å². The second-order valence-corrected chi connectivity index (χ2v) is 3.94. The molecule has 0 bridgehead atoms. The van der Waals surface area contributed by atoms with Gasteiger partial charge in [0.05, 0.1) is 11.2 Å². The molecular weight excluding hydrogens is 230 g/mol. The van der Waals surface area contributed by atoms with E-state index in [1.807, 2.05) is 36.4 Å². The van der Waals surface area contributed by atoms with Gasteiger partial charge >= 0.3 is 0 Å². The summed E-state index contributed by atoms with van der Waals surface area (Å²) < 4.78 is 5.26. The lowest BCUT2D eigenvalue weighted by Gasteiger charge is -2.00. The van der Waals surface area contributed by atoms with E-state index in [2.05, 4.69) is 0 Å². The average Bonchev–Trinajstić information content (AvgIpc) is 2.88. The summed E-state index contributed by atoms with van der Waals surface area (Å²) in [6.45, 7) is 0. The molecule has 0 aliphatic heterocycles. The summed E-state index contributed by atoms with van der Waals surface area (Å²) >= 11 is 0. The number of hydrogen-bond donors (Lipinski definition) is 1. The van der Waals surface area contributed by atoms with E-state index >= 15 is 0 Å². The number of rotatable bonds is 5. The summed E-state index contributed by atoms with van der Waals surface area (Å²) in [6.07, 6.45) is 6.05. The Bertz CT molecular complexity index is 527. The monoisotopic (exact) mass is 244 g/mol. The van der Waals surface area contributed by atoms with Crippen molar-refractivity contribution >= 4 is 6.08 Å². The number of benzene rings is 1. The number of hydrogen-bond acceptors (Lipinski definition) is 2. The molecule has 0 spiro atoms. The fourth-order valence-corrected chi connectivity index (χ4v) is 1.67. The van der Waals surface area contributed by atoms with Crippen LogP contribution in [0.3, 0.4) is 0 Å². The summed E-state index contributed by atoms with van der Waals surface area (Å²) in [5.41, 5.74) is 2.07. The summed E-state index contributed by atoms with van der Waals surface area (Å²) in [5.74, 6) is 0.973. The first-order chi connectivity index (χ1) is 8.74. The third kappa shape index (κ3) is 3.59. The molecule has 2 aromatic rings. The molecule has 4 nitrogen and oxygen atoms in total. The maximum Gasteiger partial charge on any atom is 0.282 e. The summed E-state index contributed by atoms with van der Waals surface area (Å²) in [4.78, 5) is 10.1. The molecule has 0 aliphatic carbocycles.